The fourth-order valence-electron chi connectivity index (χ4n) is 11.9. The second-order valence-corrected chi connectivity index (χ2v) is 19.5. The molecule has 6 aliphatic heterocycles. The van der Waals surface area contributed by atoms with Crippen LogP contribution in [-0.2, 0) is 60.2 Å². The van der Waals surface area contributed by atoms with E-state index in [1.165, 1.54) is 7.11 Å². The molecule has 0 bridgehead atoms. The summed E-state index contributed by atoms with van der Waals surface area (Å²) in [7, 11) is 3.13. The quantitative estimate of drug-likeness (QED) is 0.218. The minimum Gasteiger partial charge on any atom is -0.506 e. The third-order valence-corrected chi connectivity index (χ3v) is 15.4. The lowest BCUT2D eigenvalue weighted by Gasteiger charge is -2.45. The highest BCUT2D eigenvalue weighted by molar-refractivity contribution is 6.06. The molecule has 0 saturated carbocycles. The summed E-state index contributed by atoms with van der Waals surface area (Å²) in [4.78, 5) is 30.0. The minimum atomic E-state index is -1.54. The molecular formula is C48H59NO19. The Balaban J connectivity index is 0.808. The van der Waals surface area contributed by atoms with E-state index in [2.05, 4.69) is 0 Å². The lowest BCUT2D eigenvalue weighted by atomic mass is 9.77. The molecule has 1 aromatic heterocycles. The number of phenolic OH excluding ortho intramolecular Hbond substituents is 2. The molecule has 11 rings (SSSR count). The molecule has 370 valence electrons. The molecule has 4 saturated heterocycles. The van der Waals surface area contributed by atoms with Gasteiger partial charge in [-0.3, -0.25) is 9.59 Å². The zero-order chi connectivity index (χ0) is 47.7. The molecule has 4 fully saturated rings. The second kappa shape index (κ2) is 17.4. The number of rotatable bonds is 8. The number of methoxy groups -OCH3 is 2. The molecule has 3 aromatic rings. The Bertz CT molecular complexity index is 2550. The van der Waals surface area contributed by atoms with E-state index in [-0.39, 0.29) is 76.7 Å². The summed E-state index contributed by atoms with van der Waals surface area (Å²) in [6, 6.07) is 1.83. The fraction of sp³-hybridized carbons (Fsp3) is 0.667. The van der Waals surface area contributed by atoms with Crippen molar-refractivity contribution in [3.05, 3.63) is 49.9 Å². The van der Waals surface area contributed by atoms with E-state index in [9.17, 15) is 35.1 Å². The molecule has 20 nitrogen and oxygen atoms in total. The number of carbonyl (C=O) groups is 1. The van der Waals surface area contributed by atoms with Crippen LogP contribution in [0, 0.1) is 0 Å². The van der Waals surface area contributed by atoms with Crippen LogP contribution in [0.3, 0.4) is 0 Å². The van der Waals surface area contributed by atoms with E-state index >= 15 is 0 Å². The Morgan fingerprint density at radius 1 is 0.779 bits per heavy atom. The molecule has 1 amide bonds. The summed E-state index contributed by atoms with van der Waals surface area (Å²) in [5.74, 6) is -1.47. The number of ether oxygens (including phenoxy) is 11. The predicted molar refractivity (Wildman–Crippen MR) is 232 cm³/mol. The van der Waals surface area contributed by atoms with Gasteiger partial charge >= 0.3 is 0 Å². The maximum atomic E-state index is 14.6. The topological polar surface area (TPSA) is 253 Å². The number of benzene rings is 2. The van der Waals surface area contributed by atoms with E-state index in [0.29, 0.717) is 55.5 Å². The van der Waals surface area contributed by atoms with Crippen molar-refractivity contribution in [1.29, 1.82) is 0 Å². The van der Waals surface area contributed by atoms with Crippen LogP contribution >= 0.6 is 0 Å². The van der Waals surface area contributed by atoms with Gasteiger partial charge in [0.05, 0.1) is 73.2 Å². The molecular weight excluding hydrogens is 895 g/mol. The Morgan fingerprint density at radius 3 is 2.32 bits per heavy atom. The van der Waals surface area contributed by atoms with Gasteiger partial charge in [0.25, 0.3) is 5.91 Å². The average Bonchev–Trinajstić information content (AvgIpc) is 3.70. The first-order valence-corrected chi connectivity index (χ1v) is 23.6. The highest BCUT2D eigenvalue weighted by atomic mass is 16.7. The first kappa shape index (κ1) is 46.4. The number of hydrogen-bond donors (Lipinski definition) is 5. The summed E-state index contributed by atoms with van der Waals surface area (Å²) >= 11 is 0. The smallest absolute Gasteiger partial charge is 0.260 e. The van der Waals surface area contributed by atoms with Crippen molar-refractivity contribution in [2.24, 2.45) is 0 Å². The maximum absolute atomic E-state index is 14.6. The van der Waals surface area contributed by atoms with Gasteiger partial charge in [0.1, 0.15) is 58.9 Å². The number of aliphatic hydroxyl groups is 3. The predicted octanol–water partition coefficient (Wildman–Crippen LogP) is 3.04. The molecule has 0 spiro atoms. The van der Waals surface area contributed by atoms with Gasteiger partial charge in [-0.15, -0.1) is 0 Å². The van der Waals surface area contributed by atoms with Crippen molar-refractivity contribution in [2.75, 3.05) is 40.8 Å². The monoisotopic (exact) mass is 953 g/mol. The van der Waals surface area contributed by atoms with Crippen LogP contribution in [0.2, 0.25) is 0 Å². The van der Waals surface area contributed by atoms with E-state index < -0.39 is 115 Å². The lowest BCUT2D eigenvalue weighted by Crippen LogP contribution is -2.58. The molecule has 8 aliphatic rings. The van der Waals surface area contributed by atoms with Gasteiger partial charge in [0.15, 0.2) is 30.7 Å². The molecule has 16 unspecified atom stereocenters. The average molecular weight is 954 g/mol. The molecule has 0 radical (unpaired) electrons. The van der Waals surface area contributed by atoms with Crippen LogP contribution in [-0.4, -0.2) is 156 Å². The number of nitrogens with zero attached hydrogens (tertiary/aromatic N) is 1. The number of fused-ring (bicyclic) bond motifs is 7. The summed E-state index contributed by atoms with van der Waals surface area (Å²) in [6.45, 7) is 8.07. The van der Waals surface area contributed by atoms with Crippen molar-refractivity contribution in [1.82, 2.24) is 4.90 Å². The highest BCUT2D eigenvalue weighted by Gasteiger charge is 2.51. The Labute approximate surface area is 390 Å². The van der Waals surface area contributed by atoms with Crippen LogP contribution in [0.4, 0.5) is 0 Å². The van der Waals surface area contributed by atoms with Crippen molar-refractivity contribution >= 4 is 16.9 Å². The van der Waals surface area contributed by atoms with Crippen molar-refractivity contribution in [3.8, 4) is 28.4 Å². The zero-order valence-corrected chi connectivity index (χ0v) is 38.7. The van der Waals surface area contributed by atoms with Gasteiger partial charge in [-0.1, -0.05) is 6.07 Å². The first-order chi connectivity index (χ1) is 32.6. The van der Waals surface area contributed by atoms with Crippen LogP contribution < -0.4 is 10.2 Å². The van der Waals surface area contributed by atoms with E-state index in [1.807, 2.05) is 26.8 Å². The lowest BCUT2D eigenvalue weighted by molar-refractivity contribution is -0.316. The van der Waals surface area contributed by atoms with Crippen LogP contribution in [0.1, 0.15) is 110 Å². The third kappa shape index (κ3) is 7.28. The van der Waals surface area contributed by atoms with Gasteiger partial charge in [-0.25, -0.2) is 0 Å². The molecule has 20 heteroatoms. The minimum absolute atomic E-state index is 0.0612. The highest BCUT2D eigenvalue weighted by Crippen LogP contribution is 2.58. The van der Waals surface area contributed by atoms with Crippen LogP contribution in [0.25, 0.3) is 22.1 Å². The Kier molecular flexibility index (Phi) is 11.9. The maximum Gasteiger partial charge on any atom is 0.260 e. The summed E-state index contributed by atoms with van der Waals surface area (Å²) in [5.41, 5.74) is -0.247. The standard InChI is InChI=1S/C48H59NO19/c1-18-24(65-30-14-27(57-5)42(20(3)64-30)67-28-16-59-19(2)37(51)43(28)58-6)7-8-29(63-18)66-26-13-23(50)33-40(54)36-41(55)35-31-21(11-22-15-48(4)49(9-10-62-48)47(56)32(22)39(31)53)12-25-34(35)45(61-17-60-25)46(36)68-44(33)38(26)52/h11,18-20,23-30,37-38,42-43,50-53,55H,7-10,12-17H2,1-6H3. The van der Waals surface area contributed by atoms with Crippen molar-refractivity contribution in [2.45, 2.75) is 164 Å². The number of amides is 1. The normalized spacial score (nSPS) is 38.6. The van der Waals surface area contributed by atoms with Crippen molar-refractivity contribution in [3.63, 3.8) is 0 Å². The number of carbonyl (C=O) groups excluding carboxylic acids is 1. The van der Waals surface area contributed by atoms with Crippen LogP contribution in [0.5, 0.6) is 17.2 Å². The number of aliphatic hydroxyl groups excluding tert-OH is 3. The summed E-state index contributed by atoms with van der Waals surface area (Å²) < 4.78 is 73.3. The molecule has 7 heterocycles. The summed E-state index contributed by atoms with van der Waals surface area (Å²) in [5, 5.41) is 57.9. The molecule has 2 aliphatic carbocycles. The van der Waals surface area contributed by atoms with E-state index in [1.54, 1.807) is 18.9 Å². The van der Waals surface area contributed by atoms with E-state index in [4.69, 9.17) is 56.5 Å². The largest absolute Gasteiger partial charge is 0.506 e. The Morgan fingerprint density at radius 2 is 1.56 bits per heavy atom. The van der Waals surface area contributed by atoms with Gasteiger partial charge in [0.2, 0.25) is 5.43 Å². The van der Waals surface area contributed by atoms with Crippen molar-refractivity contribution < 1.29 is 86.8 Å². The van der Waals surface area contributed by atoms with Crippen LogP contribution in [0.15, 0.2) is 15.3 Å². The third-order valence-electron chi connectivity index (χ3n) is 15.4. The molecule has 68 heavy (non-hydrogen) atoms. The van der Waals surface area contributed by atoms with Gasteiger partial charge in [0, 0.05) is 69.6 Å². The fourth-order valence-corrected chi connectivity index (χ4v) is 11.9. The molecule has 5 N–H and O–H groups in total. The van der Waals surface area contributed by atoms with Gasteiger partial charge < -0.3 is 87.0 Å². The second-order valence-electron chi connectivity index (χ2n) is 19.5. The van der Waals surface area contributed by atoms with Gasteiger partial charge in [-0.05, 0) is 45.2 Å². The number of hydrogen-bond acceptors (Lipinski definition) is 19. The van der Waals surface area contributed by atoms with Gasteiger partial charge in [-0.2, -0.15) is 0 Å². The molecule has 16 atom stereocenters. The first-order valence-electron chi connectivity index (χ1n) is 23.6. The SMILES string of the molecule is COC1CC(OC2CCC(OC3CC(O)c4c(oc5c6c7c(c(O)c5c4=O)-c4c(cc5c(c4O)C(=O)N4CCOC4(C)C5)CC7OCO6)C3O)OC2C)OC(C)C1OC1COC(C)C(O)C1OC. The van der Waals surface area contributed by atoms with E-state index in [0.717, 1.165) is 0 Å². The summed E-state index contributed by atoms with van der Waals surface area (Å²) in [6.07, 6.45) is -9.22. The number of phenols is 2. The zero-order valence-electron chi connectivity index (χ0n) is 38.7. The Hall–Kier alpha value is -4.00. The molecule has 2 aromatic carbocycles. The number of aromatic hydroxyl groups is 2.